The summed E-state index contributed by atoms with van der Waals surface area (Å²) >= 11 is 0. The van der Waals surface area contributed by atoms with Crippen molar-refractivity contribution in [3.8, 4) is 6.07 Å². The molecule has 0 saturated heterocycles. The van der Waals surface area contributed by atoms with Crippen molar-refractivity contribution >= 4 is 29.6 Å². The molecule has 7 nitrogen and oxygen atoms in total. The van der Waals surface area contributed by atoms with Crippen molar-refractivity contribution in [2.24, 2.45) is 5.73 Å². The molecular formula is C28H32F2N2O5SSi. The van der Waals surface area contributed by atoms with Crippen LogP contribution in [-0.4, -0.2) is 39.7 Å². The van der Waals surface area contributed by atoms with Crippen LogP contribution in [0.15, 0.2) is 35.2 Å². The van der Waals surface area contributed by atoms with E-state index in [0.717, 1.165) is 12.3 Å². The zero-order chi connectivity index (χ0) is 29.3. The molecule has 2 aliphatic rings. The van der Waals surface area contributed by atoms with Crippen LogP contribution >= 0.6 is 0 Å². The lowest BCUT2D eigenvalue weighted by atomic mass is 9.81. The fourth-order valence-corrected chi connectivity index (χ4v) is 7.36. The second-order valence-corrected chi connectivity index (χ2v) is 18.6. The molecule has 0 saturated carbocycles. The molecule has 1 unspecified atom stereocenters. The summed E-state index contributed by atoms with van der Waals surface area (Å²) in [5.74, 6) is -2.03. The Morgan fingerprint density at radius 3 is 2.46 bits per heavy atom. The highest BCUT2D eigenvalue weighted by Crippen LogP contribution is 2.51. The number of sulfone groups is 1. The Morgan fingerprint density at radius 1 is 1.28 bits per heavy atom. The largest absolute Gasteiger partial charge is 0.410 e. The minimum atomic E-state index is -3.92. The van der Waals surface area contributed by atoms with Gasteiger partial charge in [-0.3, -0.25) is 4.79 Å². The maximum atomic E-state index is 15.7. The molecule has 4 rings (SSSR count). The summed E-state index contributed by atoms with van der Waals surface area (Å²) in [5, 5.41) is 20.7. The van der Waals surface area contributed by atoms with E-state index in [1.807, 2.05) is 6.07 Å². The third-order valence-corrected chi connectivity index (χ3v) is 13.8. The van der Waals surface area contributed by atoms with Crippen LogP contribution in [0.3, 0.4) is 0 Å². The Hall–Kier alpha value is -2.91. The Kier molecular flexibility index (Phi) is 6.96. The van der Waals surface area contributed by atoms with Crippen molar-refractivity contribution in [3.05, 3.63) is 69.5 Å². The van der Waals surface area contributed by atoms with Crippen LogP contribution in [0.5, 0.6) is 0 Å². The van der Waals surface area contributed by atoms with E-state index in [4.69, 9.17) is 10.2 Å². The average Bonchev–Trinajstić information content (AvgIpc) is 3.09. The van der Waals surface area contributed by atoms with Crippen molar-refractivity contribution in [1.29, 1.82) is 5.26 Å². The van der Waals surface area contributed by atoms with E-state index in [-0.39, 0.29) is 26.6 Å². The lowest BCUT2D eigenvalue weighted by Gasteiger charge is -2.41. The number of halogens is 2. The fraction of sp³-hybridized carbons (Fsp3) is 0.429. The molecule has 1 amide bonds. The fourth-order valence-electron chi connectivity index (χ4n) is 5.13. The number of amides is 1. The van der Waals surface area contributed by atoms with E-state index < -0.39 is 54.2 Å². The first kappa shape index (κ1) is 29.1. The van der Waals surface area contributed by atoms with Gasteiger partial charge in [-0.05, 0) is 65.0 Å². The van der Waals surface area contributed by atoms with Crippen molar-refractivity contribution in [1.82, 2.24) is 0 Å². The smallest absolute Gasteiger partial charge is 0.258 e. The number of carbonyl (C=O) groups excluding carboxylic acids is 1. The van der Waals surface area contributed by atoms with Crippen LogP contribution in [0.4, 0.5) is 8.78 Å². The van der Waals surface area contributed by atoms with Crippen LogP contribution in [0.25, 0.3) is 5.57 Å². The number of nitrogens with two attached hydrogens (primary N) is 1. The molecule has 2 aromatic carbocycles. The van der Waals surface area contributed by atoms with Gasteiger partial charge in [-0.1, -0.05) is 32.9 Å². The SMILES string of the molecule is CC(C)(C)[Si](C)(C)OC1CC=C(c2ccc(S(C)(=O)=O)c3c2C[C@](F)(C(N)=O)[C@H]3O)c2c(C#N)cc(F)cc21. The van der Waals surface area contributed by atoms with Crippen LogP contribution in [-0.2, 0) is 25.5 Å². The quantitative estimate of drug-likeness (QED) is 0.494. The highest BCUT2D eigenvalue weighted by Gasteiger charge is 2.54. The number of benzene rings is 2. The third-order valence-electron chi connectivity index (χ3n) is 8.21. The predicted molar refractivity (Wildman–Crippen MR) is 145 cm³/mol. The maximum absolute atomic E-state index is 15.7. The number of aliphatic hydroxyl groups is 1. The number of nitrogens with zero attached hydrogens (tertiary/aromatic N) is 1. The second-order valence-electron chi connectivity index (χ2n) is 11.8. The number of rotatable bonds is 5. The molecule has 0 aromatic heterocycles. The maximum Gasteiger partial charge on any atom is 0.258 e. The normalized spacial score (nSPS) is 23.0. The Balaban J connectivity index is 1.98. The summed E-state index contributed by atoms with van der Waals surface area (Å²) in [6, 6.07) is 7.17. The summed E-state index contributed by atoms with van der Waals surface area (Å²) in [6.45, 7) is 10.4. The number of hydrogen-bond donors (Lipinski definition) is 2. The summed E-state index contributed by atoms with van der Waals surface area (Å²) in [6.07, 6.45) is -0.277. The number of aliphatic hydroxyl groups excluding tert-OH is 1. The summed E-state index contributed by atoms with van der Waals surface area (Å²) in [4.78, 5) is 11.8. The van der Waals surface area contributed by atoms with Gasteiger partial charge < -0.3 is 15.3 Å². The minimum Gasteiger partial charge on any atom is -0.410 e. The van der Waals surface area contributed by atoms with Crippen LogP contribution in [0, 0.1) is 17.1 Å². The van der Waals surface area contributed by atoms with Gasteiger partial charge in [0, 0.05) is 23.8 Å². The van der Waals surface area contributed by atoms with Crippen LogP contribution in [0.2, 0.25) is 18.1 Å². The van der Waals surface area contributed by atoms with E-state index in [9.17, 15) is 28.0 Å². The molecule has 0 aliphatic heterocycles. The number of fused-ring (bicyclic) bond motifs is 2. The predicted octanol–water partition coefficient (Wildman–Crippen LogP) is 4.78. The van der Waals surface area contributed by atoms with E-state index in [2.05, 4.69) is 33.9 Å². The van der Waals surface area contributed by atoms with Gasteiger partial charge in [0.05, 0.1) is 22.6 Å². The van der Waals surface area contributed by atoms with Gasteiger partial charge in [-0.15, -0.1) is 0 Å². The lowest BCUT2D eigenvalue weighted by molar-refractivity contribution is -0.136. The van der Waals surface area contributed by atoms with E-state index in [0.29, 0.717) is 28.7 Å². The van der Waals surface area contributed by atoms with Gasteiger partial charge in [0.25, 0.3) is 5.91 Å². The van der Waals surface area contributed by atoms with Gasteiger partial charge in [0.1, 0.15) is 11.9 Å². The Morgan fingerprint density at radius 2 is 1.92 bits per heavy atom. The van der Waals surface area contributed by atoms with E-state index >= 15 is 4.39 Å². The van der Waals surface area contributed by atoms with Gasteiger partial charge >= 0.3 is 0 Å². The summed E-state index contributed by atoms with van der Waals surface area (Å²) < 4.78 is 62.2. The topological polar surface area (TPSA) is 130 Å². The monoisotopic (exact) mass is 574 g/mol. The summed E-state index contributed by atoms with van der Waals surface area (Å²) in [5.41, 5.74) is 3.87. The van der Waals surface area contributed by atoms with Gasteiger partial charge in [-0.2, -0.15) is 5.26 Å². The number of carbonyl (C=O) groups is 1. The second kappa shape index (κ2) is 9.33. The number of nitriles is 1. The van der Waals surface area contributed by atoms with Gasteiger partial charge in [0.2, 0.25) is 5.67 Å². The molecule has 0 radical (unpaired) electrons. The van der Waals surface area contributed by atoms with E-state index in [1.165, 1.54) is 18.2 Å². The number of hydrogen-bond acceptors (Lipinski definition) is 6. The van der Waals surface area contributed by atoms with Gasteiger partial charge in [0.15, 0.2) is 18.2 Å². The first-order valence-corrected chi connectivity index (χ1v) is 17.3. The van der Waals surface area contributed by atoms with Crippen LogP contribution < -0.4 is 5.73 Å². The minimum absolute atomic E-state index is 0.0284. The van der Waals surface area contributed by atoms with E-state index in [1.54, 1.807) is 6.08 Å². The molecule has 208 valence electrons. The zero-order valence-electron chi connectivity index (χ0n) is 22.7. The average molecular weight is 575 g/mol. The van der Waals surface area contributed by atoms with Gasteiger partial charge in [-0.25, -0.2) is 17.2 Å². The Labute approximate surface area is 228 Å². The lowest BCUT2D eigenvalue weighted by Crippen LogP contribution is -2.43. The Bertz CT molecular complexity index is 1570. The van der Waals surface area contributed by atoms with Crippen molar-refractivity contribution in [2.75, 3.05) is 6.26 Å². The molecule has 3 N–H and O–H groups in total. The molecule has 11 heteroatoms. The first-order valence-electron chi connectivity index (χ1n) is 12.5. The number of primary amides is 1. The first-order chi connectivity index (χ1) is 17.8. The molecule has 2 aromatic rings. The molecule has 2 aliphatic carbocycles. The van der Waals surface area contributed by atoms with Crippen LogP contribution in [0.1, 0.15) is 72.8 Å². The molecule has 0 spiro atoms. The van der Waals surface area contributed by atoms with Crippen molar-refractivity contribution in [3.63, 3.8) is 0 Å². The third kappa shape index (κ3) is 4.73. The molecule has 0 heterocycles. The standard InChI is InChI=1S/C28H32F2N2O5SSi/c1-27(2,3)39(5,6)37-21-9-7-18(23-15(14-31)11-16(29)12-19(21)23)17-8-10-22(38(4,35)36)24-20(17)13-28(30,25(24)33)26(32)34/h7-8,10-12,21,25,33H,9,13H2,1-6H3,(H2,32,34)/t21?,25-,28+/m0/s1. The molecular weight excluding hydrogens is 542 g/mol. The van der Waals surface area contributed by atoms with Crippen molar-refractivity contribution < 1.29 is 31.5 Å². The highest BCUT2D eigenvalue weighted by molar-refractivity contribution is 7.90. The zero-order valence-corrected chi connectivity index (χ0v) is 24.5. The molecule has 0 fully saturated rings. The highest BCUT2D eigenvalue weighted by atomic mass is 32.2. The number of alkyl halides is 1. The molecule has 39 heavy (non-hydrogen) atoms. The molecule has 0 bridgehead atoms. The summed E-state index contributed by atoms with van der Waals surface area (Å²) in [7, 11) is -6.25. The molecule has 3 atom stereocenters. The van der Waals surface area contributed by atoms with Crippen molar-refractivity contribution in [2.45, 2.75) is 74.5 Å².